The highest BCUT2D eigenvalue weighted by molar-refractivity contribution is 5.96. The largest absolute Gasteiger partial charge is 0.493 e. The molecule has 2 aromatic rings. The molecule has 0 unspecified atom stereocenters. The van der Waals surface area contributed by atoms with E-state index in [0.717, 1.165) is 5.56 Å². The summed E-state index contributed by atoms with van der Waals surface area (Å²) in [5.74, 6) is 0.628. The average molecular weight is 398 g/mol. The van der Waals surface area contributed by atoms with Crippen LogP contribution in [-0.4, -0.2) is 55.2 Å². The summed E-state index contributed by atoms with van der Waals surface area (Å²) >= 11 is 0. The minimum absolute atomic E-state index is 0.144. The lowest BCUT2D eigenvalue weighted by molar-refractivity contribution is -0.122. The van der Waals surface area contributed by atoms with Gasteiger partial charge < -0.3 is 24.8 Å². The zero-order chi connectivity index (χ0) is 20.8. The number of para-hydroxylation sites is 2. The normalized spacial score (nSPS) is 18.4. The number of aliphatic hydroxyl groups excluding tert-OH is 1. The lowest BCUT2D eigenvalue weighted by Gasteiger charge is -2.19. The van der Waals surface area contributed by atoms with Gasteiger partial charge in [-0.05, 0) is 18.2 Å². The molecule has 2 N–H and O–H groups in total. The standard InChI is InChI=1S/C22H26N2O5/c1-23-21(26)11-16-12-24(13-18(16)25)22(27)17-8-4-3-7-15(17)14-29-20-10-6-5-9-19(20)28-2/h3-10,16,18,25H,11-14H2,1-2H3,(H,23,26)/t16-,18-/m1/s1. The molecular weight excluding hydrogens is 372 g/mol. The second kappa shape index (κ2) is 9.43. The van der Waals surface area contributed by atoms with Crippen LogP contribution in [0.4, 0.5) is 0 Å². The van der Waals surface area contributed by atoms with Gasteiger partial charge in [0.1, 0.15) is 6.61 Å². The first kappa shape index (κ1) is 20.7. The van der Waals surface area contributed by atoms with Crippen molar-refractivity contribution in [3.63, 3.8) is 0 Å². The molecule has 2 atom stereocenters. The van der Waals surface area contributed by atoms with E-state index in [-0.39, 0.29) is 37.3 Å². The molecule has 1 fully saturated rings. The van der Waals surface area contributed by atoms with Crippen molar-refractivity contribution in [2.45, 2.75) is 19.1 Å². The summed E-state index contributed by atoms with van der Waals surface area (Å²) in [5, 5.41) is 12.8. The van der Waals surface area contributed by atoms with Gasteiger partial charge in [-0.1, -0.05) is 30.3 Å². The molecule has 29 heavy (non-hydrogen) atoms. The summed E-state index contributed by atoms with van der Waals surface area (Å²) in [6.07, 6.45) is -0.520. The topological polar surface area (TPSA) is 88.1 Å². The molecule has 0 saturated carbocycles. The molecule has 1 saturated heterocycles. The third-order valence-corrected chi connectivity index (χ3v) is 5.12. The highest BCUT2D eigenvalue weighted by Crippen LogP contribution is 2.28. The fraction of sp³-hybridized carbons (Fsp3) is 0.364. The van der Waals surface area contributed by atoms with Crippen molar-refractivity contribution in [2.24, 2.45) is 5.92 Å². The van der Waals surface area contributed by atoms with Crippen LogP contribution in [0.1, 0.15) is 22.3 Å². The molecule has 2 amide bonds. The van der Waals surface area contributed by atoms with Gasteiger partial charge in [0, 0.05) is 43.6 Å². The highest BCUT2D eigenvalue weighted by Gasteiger charge is 2.35. The Morgan fingerprint density at radius 1 is 1.10 bits per heavy atom. The van der Waals surface area contributed by atoms with E-state index < -0.39 is 6.10 Å². The summed E-state index contributed by atoms with van der Waals surface area (Å²) in [6, 6.07) is 14.6. The molecule has 0 radical (unpaired) electrons. The maximum absolute atomic E-state index is 13.1. The number of β-amino-alcohol motifs (C(OH)–C–C–N with tert-alkyl or cyclic N) is 1. The summed E-state index contributed by atoms with van der Waals surface area (Å²) < 4.78 is 11.2. The second-order valence-corrected chi connectivity index (χ2v) is 7.01. The fourth-order valence-electron chi connectivity index (χ4n) is 3.48. The number of ether oxygens (including phenoxy) is 2. The number of amides is 2. The van der Waals surface area contributed by atoms with Gasteiger partial charge >= 0.3 is 0 Å². The molecule has 0 aromatic heterocycles. The van der Waals surface area contributed by atoms with Gasteiger partial charge in [0.2, 0.25) is 5.91 Å². The Hall–Kier alpha value is -3.06. The smallest absolute Gasteiger partial charge is 0.254 e. The Morgan fingerprint density at radius 2 is 1.79 bits per heavy atom. The Bertz CT molecular complexity index is 870. The van der Waals surface area contributed by atoms with Gasteiger partial charge in [0.05, 0.1) is 13.2 Å². The van der Waals surface area contributed by atoms with E-state index >= 15 is 0 Å². The third-order valence-electron chi connectivity index (χ3n) is 5.12. The van der Waals surface area contributed by atoms with Crippen molar-refractivity contribution in [1.29, 1.82) is 0 Å². The molecule has 0 spiro atoms. The third kappa shape index (κ3) is 4.86. The maximum Gasteiger partial charge on any atom is 0.254 e. The number of benzene rings is 2. The Kier molecular flexibility index (Phi) is 6.72. The van der Waals surface area contributed by atoms with Crippen LogP contribution in [0, 0.1) is 5.92 Å². The maximum atomic E-state index is 13.1. The summed E-state index contributed by atoms with van der Waals surface area (Å²) in [7, 11) is 3.14. The number of rotatable bonds is 7. The lowest BCUT2D eigenvalue weighted by atomic mass is 10.0. The second-order valence-electron chi connectivity index (χ2n) is 7.01. The number of aliphatic hydroxyl groups is 1. The van der Waals surface area contributed by atoms with Crippen LogP contribution in [0.3, 0.4) is 0 Å². The first-order valence-electron chi connectivity index (χ1n) is 9.55. The van der Waals surface area contributed by atoms with Gasteiger partial charge in [0.25, 0.3) is 5.91 Å². The van der Waals surface area contributed by atoms with E-state index in [4.69, 9.17) is 9.47 Å². The predicted molar refractivity (Wildman–Crippen MR) is 108 cm³/mol. The molecule has 1 aliphatic rings. The van der Waals surface area contributed by atoms with E-state index in [9.17, 15) is 14.7 Å². The van der Waals surface area contributed by atoms with Crippen molar-refractivity contribution in [2.75, 3.05) is 27.2 Å². The zero-order valence-corrected chi connectivity index (χ0v) is 16.6. The van der Waals surface area contributed by atoms with Crippen molar-refractivity contribution >= 4 is 11.8 Å². The molecule has 154 valence electrons. The van der Waals surface area contributed by atoms with E-state index in [0.29, 0.717) is 23.6 Å². The molecule has 1 aliphatic heterocycles. The SMILES string of the molecule is CNC(=O)C[C@@H]1CN(C(=O)c2ccccc2COc2ccccc2OC)C[C@H]1O. The summed E-state index contributed by atoms with van der Waals surface area (Å²) in [4.78, 5) is 26.3. The van der Waals surface area contributed by atoms with Gasteiger partial charge in [-0.25, -0.2) is 0 Å². The Balaban J connectivity index is 1.71. The van der Waals surface area contributed by atoms with Crippen LogP contribution in [0.5, 0.6) is 11.5 Å². The summed E-state index contributed by atoms with van der Waals surface area (Å²) in [5.41, 5.74) is 1.27. The van der Waals surface area contributed by atoms with Crippen molar-refractivity contribution in [3.05, 3.63) is 59.7 Å². The molecule has 7 nitrogen and oxygen atoms in total. The quantitative estimate of drug-likeness (QED) is 0.743. The van der Waals surface area contributed by atoms with Crippen LogP contribution in [0.25, 0.3) is 0 Å². The Morgan fingerprint density at radius 3 is 2.52 bits per heavy atom. The van der Waals surface area contributed by atoms with Crippen LogP contribution in [0.2, 0.25) is 0 Å². The highest BCUT2D eigenvalue weighted by atomic mass is 16.5. The monoisotopic (exact) mass is 398 g/mol. The fourth-order valence-corrected chi connectivity index (χ4v) is 3.48. The van der Waals surface area contributed by atoms with Crippen molar-refractivity contribution < 1.29 is 24.2 Å². The molecule has 3 rings (SSSR count). The number of likely N-dealkylation sites (tertiary alicyclic amines) is 1. The first-order chi connectivity index (χ1) is 14.0. The van der Waals surface area contributed by atoms with Gasteiger partial charge in [-0.2, -0.15) is 0 Å². The van der Waals surface area contributed by atoms with E-state index in [1.807, 2.05) is 36.4 Å². The Labute approximate surface area is 170 Å². The number of hydrogen-bond donors (Lipinski definition) is 2. The number of nitrogens with one attached hydrogen (secondary N) is 1. The molecule has 2 aromatic carbocycles. The number of methoxy groups -OCH3 is 1. The van der Waals surface area contributed by atoms with Gasteiger partial charge in [0.15, 0.2) is 11.5 Å². The first-order valence-corrected chi connectivity index (χ1v) is 9.55. The zero-order valence-electron chi connectivity index (χ0n) is 16.6. The average Bonchev–Trinajstić information content (AvgIpc) is 3.12. The lowest BCUT2D eigenvalue weighted by Crippen LogP contribution is -2.30. The number of nitrogens with zero attached hydrogens (tertiary/aromatic N) is 1. The van der Waals surface area contributed by atoms with Crippen LogP contribution in [-0.2, 0) is 11.4 Å². The molecule has 7 heteroatoms. The number of carbonyl (C=O) groups excluding carboxylic acids is 2. The van der Waals surface area contributed by atoms with Crippen molar-refractivity contribution in [3.8, 4) is 11.5 Å². The molecular formula is C22H26N2O5. The molecule has 1 heterocycles. The van der Waals surface area contributed by atoms with Gasteiger partial charge in [-0.3, -0.25) is 9.59 Å². The van der Waals surface area contributed by atoms with Crippen LogP contribution < -0.4 is 14.8 Å². The van der Waals surface area contributed by atoms with Crippen LogP contribution >= 0.6 is 0 Å². The summed E-state index contributed by atoms with van der Waals surface area (Å²) in [6.45, 7) is 0.762. The predicted octanol–water partition coefficient (Wildman–Crippen LogP) is 1.84. The molecule has 0 bridgehead atoms. The number of carbonyl (C=O) groups is 2. The minimum Gasteiger partial charge on any atom is -0.493 e. The van der Waals surface area contributed by atoms with Crippen molar-refractivity contribution in [1.82, 2.24) is 10.2 Å². The van der Waals surface area contributed by atoms with E-state index in [1.165, 1.54) is 0 Å². The minimum atomic E-state index is -0.715. The molecule has 0 aliphatic carbocycles. The van der Waals surface area contributed by atoms with Crippen LogP contribution in [0.15, 0.2) is 48.5 Å². The van der Waals surface area contributed by atoms with E-state index in [1.54, 1.807) is 31.2 Å². The number of hydrogen-bond acceptors (Lipinski definition) is 5. The van der Waals surface area contributed by atoms with E-state index in [2.05, 4.69) is 5.32 Å². The van der Waals surface area contributed by atoms with Gasteiger partial charge in [-0.15, -0.1) is 0 Å².